The van der Waals surface area contributed by atoms with E-state index >= 15 is 0 Å². The van der Waals surface area contributed by atoms with Crippen LogP contribution in [0.15, 0.2) is 29.3 Å². The van der Waals surface area contributed by atoms with Crippen LogP contribution >= 0.6 is 11.8 Å². The molecule has 0 aromatic heterocycles. The SMILES string of the molecule is CCOc1ccc(N2C(=NC(=O)[C@H](C)CC)S[C@H]3CS(=O)(=O)C[C@H]32)cc1. The summed E-state index contributed by atoms with van der Waals surface area (Å²) in [6, 6.07) is 7.30. The predicted octanol–water partition coefficient (Wildman–Crippen LogP) is 2.73. The van der Waals surface area contributed by atoms with E-state index in [4.69, 9.17) is 4.74 Å². The highest BCUT2D eigenvalue weighted by atomic mass is 32.2. The van der Waals surface area contributed by atoms with Gasteiger partial charge in [0.2, 0.25) is 0 Å². The molecule has 1 aromatic rings. The molecule has 0 radical (unpaired) electrons. The Morgan fingerprint density at radius 3 is 2.62 bits per heavy atom. The maximum absolute atomic E-state index is 12.3. The quantitative estimate of drug-likeness (QED) is 0.762. The van der Waals surface area contributed by atoms with Gasteiger partial charge >= 0.3 is 0 Å². The van der Waals surface area contributed by atoms with Crippen LogP contribution < -0.4 is 9.64 Å². The van der Waals surface area contributed by atoms with Crippen molar-refractivity contribution in [3.63, 3.8) is 0 Å². The lowest BCUT2D eigenvalue weighted by molar-refractivity contribution is -0.121. The Morgan fingerprint density at radius 1 is 1.31 bits per heavy atom. The third-order valence-electron chi connectivity index (χ3n) is 4.73. The molecular weight excluding hydrogens is 372 g/mol. The third-order valence-corrected chi connectivity index (χ3v) is 7.94. The number of carbonyl (C=O) groups is 1. The lowest BCUT2D eigenvalue weighted by atomic mass is 10.1. The van der Waals surface area contributed by atoms with Crippen LogP contribution in [-0.4, -0.2) is 48.9 Å². The molecule has 2 heterocycles. The van der Waals surface area contributed by atoms with Crippen LogP contribution in [-0.2, 0) is 14.6 Å². The molecule has 0 bridgehead atoms. The van der Waals surface area contributed by atoms with Gasteiger partial charge in [-0.15, -0.1) is 0 Å². The zero-order valence-electron chi connectivity index (χ0n) is 15.2. The number of hydrogen-bond donors (Lipinski definition) is 0. The van der Waals surface area contributed by atoms with E-state index in [1.807, 2.05) is 49.9 Å². The fourth-order valence-electron chi connectivity index (χ4n) is 3.12. The lowest BCUT2D eigenvalue weighted by Crippen LogP contribution is -2.37. The number of amidine groups is 1. The molecule has 0 saturated carbocycles. The number of carbonyl (C=O) groups excluding carboxylic acids is 1. The second-order valence-electron chi connectivity index (χ2n) is 6.64. The molecule has 1 aromatic carbocycles. The molecule has 142 valence electrons. The van der Waals surface area contributed by atoms with Gasteiger partial charge in [-0.25, -0.2) is 8.42 Å². The first kappa shape index (κ1) is 19.2. The Morgan fingerprint density at radius 2 is 2.00 bits per heavy atom. The molecule has 0 N–H and O–H groups in total. The van der Waals surface area contributed by atoms with E-state index in [0.717, 1.165) is 17.9 Å². The number of benzene rings is 1. The first-order chi connectivity index (χ1) is 12.3. The molecule has 6 nitrogen and oxygen atoms in total. The highest BCUT2D eigenvalue weighted by Crippen LogP contribution is 2.41. The number of hydrogen-bond acceptors (Lipinski definition) is 5. The molecule has 2 aliphatic heterocycles. The fourth-order valence-corrected chi connectivity index (χ4v) is 7.03. The zero-order chi connectivity index (χ0) is 18.9. The second-order valence-corrected chi connectivity index (χ2v) is 10.00. The van der Waals surface area contributed by atoms with Gasteiger partial charge in [0.15, 0.2) is 15.0 Å². The number of thioether (sulfide) groups is 1. The standard InChI is InChI=1S/C18H24N2O4S2/c1-4-12(3)17(21)19-18-20(13-6-8-14(9-7-13)24-5-2)15-10-26(22,23)11-16(15)25-18/h6-9,12,15-16H,4-5,10-11H2,1-3H3/t12-,15-,16+/m1/s1. The molecule has 0 spiro atoms. The number of fused-ring (bicyclic) bond motifs is 1. The van der Waals surface area contributed by atoms with E-state index in [1.165, 1.54) is 11.8 Å². The smallest absolute Gasteiger partial charge is 0.250 e. The number of anilines is 1. The maximum Gasteiger partial charge on any atom is 0.250 e. The Balaban J connectivity index is 1.94. The minimum Gasteiger partial charge on any atom is -0.494 e. The lowest BCUT2D eigenvalue weighted by Gasteiger charge is -2.24. The Bertz CT molecular complexity index is 805. The molecule has 2 saturated heterocycles. The van der Waals surface area contributed by atoms with Gasteiger partial charge in [-0.3, -0.25) is 4.79 Å². The van der Waals surface area contributed by atoms with Crippen molar-refractivity contribution in [1.29, 1.82) is 0 Å². The summed E-state index contributed by atoms with van der Waals surface area (Å²) >= 11 is 1.40. The van der Waals surface area contributed by atoms with E-state index in [-0.39, 0.29) is 34.6 Å². The molecular formula is C18H24N2O4S2. The highest BCUT2D eigenvalue weighted by molar-refractivity contribution is 8.16. The van der Waals surface area contributed by atoms with E-state index < -0.39 is 9.84 Å². The van der Waals surface area contributed by atoms with Crippen LogP contribution in [0, 0.1) is 5.92 Å². The van der Waals surface area contributed by atoms with E-state index in [9.17, 15) is 13.2 Å². The molecule has 1 amide bonds. The number of ether oxygens (including phenoxy) is 1. The molecule has 26 heavy (non-hydrogen) atoms. The van der Waals surface area contributed by atoms with Gasteiger partial charge in [0, 0.05) is 16.9 Å². The summed E-state index contributed by atoms with van der Waals surface area (Å²) in [6.45, 7) is 6.32. The van der Waals surface area contributed by atoms with Crippen LogP contribution in [0.25, 0.3) is 0 Å². The van der Waals surface area contributed by atoms with Crippen molar-refractivity contribution in [3.8, 4) is 5.75 Å². The minimum absolute atomic E-state index is 0.0879. The van der Waals surface area contributed by atoms with Gasteiger partial charge in [-0.1, -0.05) is 25.6 Å². The second kappa shape index (κ2) is 7.60. The Kier molecular flexibility index (Phi) is 5.62. The van der Waals surface area contributed by atoms with Crippen LogP contribution in [0.3, 0.4) is 0 Å². The van der Waals surface area contributed by atoms with Crippen LogP contribution in [0.5, 0.6) is 5.75 Å². The van der Waals surface area contributed by atoms with Crippen molar-refractivity contribution in [2.75, 3.05) is 23.0 Å². The van der Waals surface area contributed by atoms with Crippen LogP contribution in [0.2, 0.25) is 0 Å². The number of rotatable bonds is 5. The predicted molar refractivity (Wildman–Crippen MR) is 106 cm³/mol. The first-order valence-corrected chi connectivity index (χ1v) is 11.6. The minimum atomic E-state index is -3.06. The first-order valence-electron chi connectivity index (χ1n) is 8.86. The van der Waals surface area contributed by atoms with E-state index in [1.54, 1.807) is 0 Å². The molecule has 0 aliphatic carbocycles. The van der Waals surface area contributed by atoms with Crippen molar-refractivity contribution >= 4 is 38.4 Å². The molecule has 8 heteroatoms. The van der Waals surface area contributed by atoms with Gasteiger partial charge in [-0.2, -0.15) is 4.99 Å². The van der Waals surface area contributed by atoms with E-state index in [0.29, 0.717) is 11.8 Å². The normalized spacial score (nSPS) is 26.7. The summed E-state index contributed by atoms with van der Waals surface area (Å²) < 4.78 is 29.6. The van der Waals surface area contributed by atoms with Gasteiger partial charge in [0.25, 0.3) is 5.91 Å². The third kappa shape index (κ3) is 3.91. The van der Waals surface area contributed by atoms with Gasteiger partial charge < -0.3 is 9.64 Å². The van der Waals surface area contributed by atoms with Crippen molar-refractivity contribution in [2.24, 2.45) is 10.9 Å². The van der Waals surface area contributed by atoms with Crippen molar-refractivity contribution < 1.29 is 17.9 Å². The summed E-state index contributed by atoms with van der Waals surface area (Å²) in [5.74, 6) is 0.678. The summed E-state index contributed by atoms with van der Waals surface area (Å²) in [4.78, 5) is 18.6. The van der Waals surface area contributed by atoms with Gasteiger partial charge in [0.05, 0.1) is 24.2 Å². The van der Waals surface area contributed by atoms with Crippen LogP contribution in [0.1, 0.15) is 27.2 Å². The molecule has 3 rings (SSSR count). The Labute approximate surface area is 158 Å². The van der Waals surface area contributed by atoms with E-state index in [2.05, 4.69) is 4.99 Å². The zero-order valence-corrected chi connectivity index (χ0v) is 16.8. The van der Waals surface area contributed by atoms with Crippen LogP contribution in [0.4, 0.5) is 5.69 Å². The van der Waals surface area contributed by atoms with Crippen molar-refractivity contribution in [2.45, 2.75) is 38.5 Å². The molecule has 3 atom stereocenters. The van der Waals surface area contributed by atoms with Gasteiger partial charge in [-0.05, 0) is 37.6 Å². The monoisotopic (exact) mass is 396 g/mol. The van der Waals surface area contributed by atoms with Crippen molar-refractivity contribution in [3.05, 3.63) is 24.3 Å². The summed E-state index contributed by atoms with van der Waals surface area (Å²) in [7, 11) is -3.06. The largest absolute Gasteiger partial charge is 0.494 e. The van der Waals surface area contributed by atoms with Gasteiger partial charge in [0.1, 0.15) is 5.75 Å². The summed E-state index contributed by atoms with van der Waals surface area (Å²) in [6.07, 6.45) is 0.727. The Hall–Kier alpha value is -1.54. The molecule has 0 unspecified atom stereocenters. The van der Waals surface area contributed by atoms with Crippen molar-refractivity contribution in [1.82, 2.24) is 0 Å². The fraction of sp³-hybridized carbons (Fsp3) is 0.556. The average molecular weight is 397 g/mol. The number of aliphatic imine (C=N–C) groups is 1. The number of amides is 1. The highest BCUT2D eigenvalue weighted by Gasteiger charge is 2.49. The topological polar surface area (TPSA) is 76.0 Å². The summed E-state index contributed by atoms with van der Waals surface area (Å²) in [5.41, 5.74) is 0.834. The molecule has 2 fully saturated rings. The number of sulfone groups is 1. The number of nitrogens with zero attached hydrogens (tertiary/aromatic N) is 2. The average Bonchev–Trinajstić information content (AvgIpc) is 3.06. The molecule has 2 aliphatic rings. The maximum atomic E-state index is 12.3. The summed E-state index contributed by atoms with van der Waals surface area (Å²) in [5, 5.41) is 0.513.